The topological polar surface area (TPSA) is 43.9 Å². The molecule has 0 saturated carbocycles. The number of aryl methyl sites for hydroxylation is 1. The van der Waals surface area contributed by atoms with Crippen LogP contribution in [0.15, 0.2) is 60.0 Å². The van der Waals surface area contributed by atoms with Crippen molar-refractivity contribution >= 4 is 23.2 Å². The number of fused-ring (bicyclic) bond motifs is 1. The average molecular weight is 478 g/mol. The van der Waals surface area contributed by atoms with Crippen molar-refractivity contribution in [3.63, 3.8) is 0 Å². The Morgan fingerprint density at radius 3 is 2.50 bits per heavy atom. The number of piperazine rings is 1. The van der Waals surface area contributed by atoms with Crippen LogP contribution in [0, 0.1) is 12.7 Å². The summed E-state index contributed by atoms with van der Waals surface area (Å²) in [4.78, 5) is 33.3. The lowest BCUT2D eigenvalue weighted by Crippen LogP contribution is -2.53. The summed E-state index contributed by atoms with van der Waals surface area (Å²) >= 11 is 1.73. The molecule has 1 fully saturated rings. The molecule has 3 heterocycles. The van der Waals surface area contributed by atoms with Crippen molar-refractivity contribution in [1.29, 1.82) is 0 Å². The van der Waals surface area contributed by atoms with Crippen LogP contribution in [0.2, 0.25) is 0 Å². The number of rotatable bonds is 4. The lowest BCUT2D eigenvalue weighted by atomic mass is 9.93. The van der Waals surface area contributed by atoms with Gasteiger partial charge in [-0.1, -0.05) is 30.3 Å². The molecule has 0 radical (unpaired) electrons. The summed E-state index contributed by atoms with van der Waals surface area (Å²) in [6, 6.07) is 16.3. The predicted molar refractivity (Wildman–Crippen MR) is 132 cm³/mol. The molecule has 2 aliphatic heterocycles. The minimum Gasteiger partial charge on any atom is -0.338 e. The van der Waals surface area contributed by atoms with E-state index in [-0.39, 0.29) is 30.2 Å². The second-order valence-electron chi connectivity index (χ2n) is 8.97. The third-order valence-corrected chi connectivity index (χ3v) is 7.86. The summed E-state index contributed by atoms with van der Waals surface area (Å²) in [6.07, 6.45) is 0.894. The Kier molecular flexibility index (Phi) is 6.48. The quantitative estimate of drug-likeness (QED) is 0.568. The first kappa shape index (κ1) is 22.7. The minimum atomic E-state index is -0.263. The van der Waals surface area contributed by atoms with Gasteiger partial charge in [-0.3, -0.25) is 14.5 Å². The van der Waals surface area contributed by atoms with E-state index in [4.69, 9.17) is 0 Å². The number of thiophene rings is 1. The van der Waals surface area contributed by atoms with E-state index in [0.717, 1.165) is 29.7 Å². The maximum absolute atomic E-state index is 14.0. The van der Waals surface area contributed by atoms with Crippen LogP contribution in [0.4, 0.5) is 4.39 Å². The van der Waals surface area contributed by atoms with Gasteiger partial charge < -0.3 is 9.80 Å². The molecule has 34 heavy (non-hydrogen) atoms. The minimum absolute atomic E-state index is 0.0254. The standard InChI is InChI=1S/C27H28FN3O2S/c1-19-5-2-3-8-22(19)27(33)30-14-12-29(13-15-30)25(32)18-31-11-9-24-23(10-16-34-24)26(31)20-6-4-7-21(28)17-20/h2-8,10,16-17,26H,9,11-15,18H2,1H3/t26-/m1/s1. The Labute approximate surface area is 203 Å². The maximum atomic E-state index is 14.0. The fourth-order valence-electron chi connectivity index (χ4n) is 5.02. The first-order valence-electron chi connectivity index (χ1n) is 11.7. The molecular weight excluding hydrogens is 449 g/mol. The highest BCUT2D eigenvalue weighted by Crippen LogP contribution is 2.37. The molecule has 2 aliphatic rings. The molecule has 3 aromatic rings. The molecule has 1 atom stereocenters. The van der Waals surface area contributed by atoms with Crippen molar-refractivity contribution in [2.24, 2.45) is 0 Å². The van der Waals surface area contributed by atoms with E-state index in [1.807, 2.05) is 47.1 Å². The normalized spacial score (nSPS) is 18.6. The van der Waals surface area contributed by atoms with Gasteiger partial charge in [-0.05, 0) is 59.7 Å². The van der Waals surface area contributed by atoms with Crippen LogP contribution in [0.25, 0.3) is 0 Å². The monoisotopic (exact) mass is 477 g/mol. The second-order valence-corrected chi connectivity index (χ2v) is 9.97. The van der Waals surface area contributed by atoms with Gasteiger partial charge in [0.15, 0.2) is 0 Å². The third-order valence-electron chi connectivity index (χ3n) is 6.86. The highest BCUT2D eigenvalue weighted by molar-refractivity contribution is 7.10. The number of hydrogen-bond acceptors (Lipinski definition) is 4. The van der Waals surface area contributed by atoms with Gasteiger partial charge in [0.2, 0.25) is 5.91 Å². The van der Waals surface area contributed by atoms with E-state index in [1.165, 1.54) is 16.5 Å². The highest BCUT2D eigenvalue weighted by Gasteiger charge is 2.33. The van der Waals surface area contributed by atoms with E-state index < -0.39 is 0 Å². The average Bonchev–Trinajstić information content (AvgIpc) is 3.33. The lowest BCUT2D eigenvalue weighted by molar-refractivity contribution is -0.134. The van der Waals surface area contributed by atoms with Gasteiger partial charge in [0.05, 0.1) is 12.6 Å². The number of carbonyl (C=O) groups excluding carboxylic acids is 2. The van der Waals surface area contributed by atoms with Crippen molar-refractivity contribution in [3.8, 4) is 0 Å². The first-order valence-corrected chi connectivity index (χ1v) is 12.6. The molecule has 1 saturated heterocycles. The Morgan fingerprint density at radius 1 is 0.971 bits per heavy atom. The molecule has 5 nitrogen and oxygen atoms in total. The third kappa shape index (κ3) is 4.50. The summed E-state index contributed by atoms with van der Waals surface area (Å²) < 4.78 is 14.0. The van der Waals surface area contributed by atoms with Gasteiger partial charge in [0.1, 0.15) is 5.82 Å². The highest BCUT2D eigenvalue weighted by atomic mass is 32.1. The van der Waals surface area contributed by atoms with Gasteiger partial charge in [0, 0.05) is 43.2 Å². The van der Waals surface area contributed by atoms with Gasteiger partial charge >= 0.3 is 0 Å². The van der Waals surface area contributed by atoms with Crippen molar-refractivity contribution in [1.82, 2.24) is 14.7 Å². The van der Waals surface area contributed by atoms with Crippen LogP contribution < -0.4 is 0 Å². The molecule has 0 unspecified atom stereocenters. The summed E-state index contributed by atoms with van der Waals surface area (Å²) in [7, 11) is 0. The van der Waals surface area contributed by atoms with E-state index in [1.54, 1.807) is 23.5 Å². The Morgan fingerprint density at radius 2 is 1.74 bits per heavy atom. The zero-order valence-corrected chi connectivity index (χ0v) is 20.1. The van der Waals surface area contributed by atoms with E-state index in [9.17, 15) is 14.0 Å². The van der Waals surface area contributed by atoms with Crippen LogP contribution in [-0.2, 0) is 11.2 Å². The Hall–Kier alpha value is -3.03. The Balaban J connectivity index is 1.26. The summed E-state index contributed by atoms with van der Waals surface area (Å²) in [6.45, 7) is 5.09. The molecule has 1 aromatic heterocycles. The van der Waals surface area contributed by atoms with Crippen LogP contribution in [0.5, 0.6) is 0 Å². The van der Waals surface area contributed by atoms with Crippen molar-refractivity contribution in [2.75, 3.05) is 39.3 Å². The SMILES string of the molecule is Cc1ccccc1C(=O)N1CCN(C(=O)CN2CCc3sccc3[C@H]2c2cccc(F)c2)CC1. The van der Waals surface area contributed by atoms with Crippen LogP contribution in [0.3, 0.4) is 0 Å². The van der Waals surface area contributed by atoms with Crippen LogP contribution >= 0.6 is 11.3 Å². The molecule has 2 amide bonds. The number of nitrogens with zero attached hydrogens (tertiary/aromatic N) is 3. The van der Waals surface area contributed by atoms with Crippen LogP contribution in [-0.4, -0.2) is 65.8 Å². The van der Waals surface area contributed by atoms with E-state index in [2.05, 4.69) is 16.3 Å². The lowest BCUT2D eigenvalue weighted by Gasteiger charge is -2.39. The van der Waals surface area contributed by atoms with Crippen molar-refractivity contribution in [3.05, 3.63) is 92.9 Å². The number of hydrogen-bond donors (Lipinski definition) is 0. The molecule has 0 bridgehead atoms. The zero-order valence-electron chi connectivity index (χ0n) is 19.2. The van der Waals surface area contributed by atoms with Gasteiger partial charge in [-0.25, -0.2) is 4.39 Å². The van der Waals surface area contributed by atoms with E-state index >= 15 is 0 Å². The smallest absolute Gasteiger partial charge is 0.254 e. The fraction of sp³-hybridized carbons (Fsp3) is 0.333. The molecule has 5 rings (SSSR count). The van der Waals surface area contributed by atoms with Crippen molar-refractivity contribution < 1.29 is 14.0 Å². The summed E-state index contributed by atoms with van der Waals surface area (Å²) in [5.74, 6) is -0.180. The number of amides is 2. The van der Waals surface area contributed by atoms with Crippen molar-refractivity contribution in [2.45, 2.75) is 19.4 Å². The largest absolute Gasteiger partial charge is 0.338 e. The second kappa shape index (κ2) is 9.68. The molecule has 176 valence electrons. The zero-order chi connectivity index (χ0) is 23.7. The van der Waals surface area contributed by atoms with Crippen LogP contribution in [0.1, 0.15) is 38.0 Å². The first-order chi connectivity index (χ1) is 16.5. The Bertz CT molecular complexity index is 1200. The fourth-order valence-corrected chi connectivity index (χ4v) is 5.93. The maximum Gasteiger partial charge on any atom is 0.254 e. The number of benzene rings is 2. The molecule has 0 spiro atoms. The van der Waals surface area contributed by atoms with Gasteiger partial charge in [0.25, 0.3) is 5.91 Å². The number of halogens is 1. The predicted octanol–water partition coefficient (Wildman–Crippen LogP) is 4.13. The van der Waals surface area contributed by atoms with E-state index in [0.29, 0.717) is 26.2 Å². The summed E-state index contributed by atoms with van der Waals surface area (Å²) in [5, 5.41) is 2.08. The summed E-state index contributed by atoms with van der Waals surface area (Å²) in [5.41, 5.74) is 3.73. The molecule has 2 aromatic carbocycles. The molecule has 0 N–H and O–H groups in total. The molecule has 7 heteroatoms. The molecule has 0 aliphatic carbocycles. The van der Waals surface area contributed by atoms with Gasteiger partial charge in [-0.2, -0.15) is 0 Å². The number of carbonyl (C=O) groups is 2. The van der Waals surface area contributed by atoms with Gasteiger partial charge in [-0.15, -0.1) is 11.3 Å². The molecular formula is C27H28FN3O2S.